The van der Waals surface area contributed by atoms with E-state index >= 15 is 0 Å². The van der Waals surface area contributed by atoms with Crippen molar-refractivity contribution >= 4 is 57.2 Å². The molecule has 2 aliphatic rings. The second kappa shape index (κ2) is 9.65. The number of fused-ring (bicyclic) bond motifs is 1. The molecule has 0 bridgehead atoms. The minimum absolute atomic E-state index is 0. The Morgan fingerprint density at radius 3 is 2.73 bits per heavy atom. The van der Waals surface area contributed by atoms with E-state index in [1.54, 1.807) is 25.2 Å². The van der Waals surface area contributed by atoms with Crippen LogP contribution < -0.4 is 20.9 Å². The van der Waals surface area contributed by atoms with Crippen LogP contribution in [0.25, 0.3) is 10.9 Å². The maximum Gasteiger partial charge on any atom is 0.405 e. The number of carbonyl (C=O) groups excluding carboxylic acids is 3. The number of nitrogens with zero attached hydrogens (tertiary/aromatic N) is 4. The number of aromatic nitrogens is 2. The first-order valence-corrected chi connectivity index (χ1v) is 10.0. The van der Waals surface area contributed by atoms with Crippen LogP contribution >= 0.6 is 17.0 Å². The van der Waals surface area contributed by atoms with E-state index in [9.17, 15) is 27.6 Å². The normalized spacial score (nSPS) is 19.9. The van der Waals surface area contributed by atoms with Crippen molar-refractivity contribution < 1.29 is 27.6 Å². The summed E-state index contributed by atoms with van der Waals surface area (Å²) in [5.74, 6) is -0.634. The number of imide groups is 1. The molecule has 33 heavy (non-hydrogen) atoms. The highest BCUT2D eigenvalue weighted by molar-refractivity contribution is 8.93. The van der Waals surface area contributed by atoms with Gasteiger partial charge >= 0.3 is 12.2 Å². The van der Waals surface area contributed by atoms with Gasteiger partial charge in [0.15, 0.2) is 5.82 Å². The van der Waals surface area contributed by atoms with Gasteiger partial charge in [-0.25, -0.2) is 4.79 Å². The minimum Gasteiger partial charge on any atom is -0.323 e. The van der Waals surface area contributed by atoms with Crippen LogP contribution in [0.5, 0.6) is 0 Å². The number of rotatable bonds is 4. The van der Waals surface area contributed by atoms with Crippen LogP contribution in [0.15, 0.2) is 18.2 Å². The fourth-order valence-corrected chi connectivity index (χ4v) is 4.02. The van der Waals surface area contributed by atoms with Gasteiger partial charge in [-0.3, -0.25) is 29.4 Å². The molecule has 1 aromatic heterocycles. The number of hydrogen-bond acceptors (Lipinski definition) is 6. The molecule has 180 valence electrons. The Hall–Kier alpha value is -2.71. The summed E-state index contributed by atoms with van der Waals surface area (Å²) >= 11 is 0. The second-order valence-corrected chi connectivity index (χ2v) is 7.68. The van der Waals surface area contributed by atoms with Crippen LogP contribution in [0.2, 0.25) is 0 Å². The van der Waals surface area contributed by atoms with Crippen molar-refractivity contribution in [2.45, 2.75) is 18.6 Å². The van der Waals surface area contributed by atoms with Crippen LogP contribution in [0.1, 0.15) is 6.42 Å². The number of alkyl halides is 3. The molecular weight excluding hydrogens is 511 g/mol. The molecule has 0 aliphatic carbocycles. The van der Waals surface area contributed by atoms with Gasteiger partial charge in [-0.2, -0.15) is 18.3 Å². The van der Waals surface area contributed by atoms with Gasteiger partial charge in [-0.05, 0) is 12.1 Å². The predicted molar refractivity (Wildman–Crippen MR) is 119 cm³/mol. The van der Waals surface area contributed by atoms with E-state index in [4.69, 9.17) is 0 Å². The van der Waals surface area contributed by atoms with Gasteiger partial charge in [-0.15, -0.1) is 17.0 Å². The maximum atomic E-state index is 13.3. The third kappa shape index (κ3) is 5.12. The van der Waals surface area contributed by atoms with E-state index in [0.717, 1.165) is 4.90 Å². The lowest BCUT2D eigenvalue weighted by atomic mass is 10.1. The van der Waals surface area contributed by atoms with Gasteiger partial charge in [-0.1, -0.05) is 6.07 Å². The molecule has 14 heteroatoms. The summed E-state index contributed by atoms with van der Waals surface area (Å²) in [6.07, 6.45) is -4.31. The van der Waals surface area contributed by atoms with Crippen LogP contribution in [0, 0.1) is 0 Å². The molecule has 10 nitrogen and oxygen atoms in total. The zero-order chi connectivity index (χ0) is 23.0. The van der Waals surface area contributed by atoms with Crippen molar-refractivity contribution in [3.05, 3.63) is 18.2 Å². The lowest BCUT2D eigenvalue weighted by Crippen LogP contribution is -2.59. The van der Waals surface area contributed by atoms with Gasteiger partial charge in [0.1, 0.15) is 6.04 Å². The summed E-state index contributed by atoms with van der Waals surface area (Å²) in [5, 5.41) is 12.5. The number of halogens is 4. The number of aryl methyl sites for hydroxylation is 1. The molecule has 2 aromatic rings. The van der Waals surface area contributed by atoms with E-state index in [2.05, 4.69) is 21.0 Å². The maximum absolute atomic E-state index is 13.3. The van der Waals surface area contributed by atoms with Crippen molar-refractivity contribution in [3.8, 4) is 0 Å². The predicted octanol–water partition coefficient (Wildman–Crippen LogP) is 1.37. The third-order valence-corrected chi connectivity index (χ3v) is 5.51. The molecule has 0 saturated carbocycles. The quantitative estimate of drug-likeness (QED) is 0.547. The van der Waals surface area contributed by atoms with E-state index in [-0.39, 0.29) is 48.9 Å². The Kier molecular flexibility index (Phi) is 7.29. The molecule has 4 amide bonds. The summed E-state index contributed by atoms with van der Waals surface area (Å²) in [6.45, 7) is -0.0575. The lowest BCUT2D eigenvalue weighted by Gasteiger charge is -2.36. The monoisotopic (exact) mass is 533 g/mol. The Morgan fingerprint density at radius 1 is 1.27 bits per heavy atom. The highest BCUT2D eigenvalue weighted by atomic mass is 79.9. The standard InChI is InChI=1S/C19H22F3N7O3.BrH/c1-27-16-11(17(26-27)29-7-5-14(30)25-18(29)32)3-2-4-12(16)24-15(31)10-28-8-6-23-9-13(28)19(20,21)22;/h2-4,13,23H,5-10H2,1H3,(H,24,31)(H,25,30,32);1H/t13-;/m1./s1. The fraction of sp³-hybridized carbons (Fsp3) is 0.474. The Bertz CT molecular complexity index is 1070. The third-order valence-electron chi connectivity index (χ3n) is 5.51. The van der Waals surface area contributed by atoms with Crippen molar-refractivity contribution in [3.63, 3.8) is 0 Å². The van der Waals surface area contributed by atoms with Crippen LogP contribution in [-0.2, 0) is 16.6 Å². The number of benzene rings is 1. The summed E-state index contributed by atoms with van der Waals surface area (Å²) in [6, 6.07) is 2.66. The molecule has 3 heterocycles. The van der Waals surface area contributed by atoms with E-state index in [1.807, 2.05) is 0 Å². The SMILES string of the molecule is Br.Cn1nc(N2CCC(=O)NC2=O)c2cccc(NC(=O)CN3CCNC[C@@H]3C(F)(F)F)c21. The molecule has 2 aliphatic heterocycles. The molecule has 1 atom stereocenters. The summed E-state index contributed by atoms with van der Waals surface area (Å²) < 4.78 is 41.3. The van der Waals surface area contributed by atoms with Gasteiger partial charge < -0.3 is 10.6 Å². The van der Waals surface area contributed by atoms with Gasteiger partial charge in [0.05, 0.1) is 17.7 Å². The number of para-hydroxylation sites is 1. The summed E-state index contributed by atoms with van der Waals surface area (Å²) in [5.41, 5.74) is 0.870. The first kappa shape index (κ1) is 24.9. The zero-order valence-corrected chi connectivity index (χ0v) is 19.3. The average molecular weight is 534 g/mol. The number of nitrogens with one attached hydrogen (secondary N) is 3. The minimum atomic E-state index is -4.44. The fourth-order valence-electron chi connectivity index (χ4n) is 4.02. The molecule has 4 rings (SSSR count). The number of amides is 4. The second-order valence-electron chi connectivity index (χ2n) is 7.68. The van der Waals surface area contributed by atoms with Crippen molar-refractivity contribution in [2.75, 3.05) is 42.9 Å². The summed E-state index contributed by atoms with van der Waals surface area (Å²) in [7, 11) is 1.63. The Labute approximate surface area is 197 Å². The zero-order valence-electron chi connectivity index (χ0n) is 17.6. The van der Waals surface area contributed by atoms with Gasteiger partial charge in [0.25, 0.3) is 0 Å². The van der Waals surface area contributed by atoms with E-state index in [0.29, 0.717) is 29.0 Å². The van der Waals surface area contributed by atoms with Crippen LogP contribution in [-0.4, -0.2) is 77.5 Å². The molecular formula is C19H23BrF3N7O3. The number of piperazine rings is 1. The first-order valence-electron chi connectivity index (χ1n) is 10.0. The molecule has 3 N–H and O–H groups in total. The van der Waals surface area contributed by atoms with Gasteiger partial charge in [0.2, 0.25) is 11.8 Å². The van der Waals surface area contributed by atoms with E-state index < -0.39 is 30.7 Å². The number of anilines is 2. The topological polar surface area (TPSA) is 112 Å². The number of carbonyl (C=O) groups is 3. The highest BCUT2D eigenvalue weighted by Crippen LogP contribution is 2.32. The van der Waals surface area contributed by atoms with Crippen molar-refractivity contribution in [2.24, 2.45) is 7.05 Å². The molecule has 2 fully saturated rings. The van der Waals surface area contributed by atoms with Gasteiger partial charge in [0, 0.05) is 45.0 Å². The van der Waals surface area contributed by atoms with Crippen molar-refractivity contribution in [1.29, 1.82) is 0 Å². The van der Waals surface area contributed by atoms with Crippen molar-refractivity contribution in [1.82, 2.24) is 25.3 Å². The smallest absolute Gasteiger partial charge is 0.323 e. The molecule has 0 spiro atoms. The number of hydrogen-bond donors (Lipinski definition) is 3. The summed E-state index contributed by atoms with van der Waals surface area (Å²) in [4.78, 5) is 38.7. The first-order chi connectivity index (χ1) is 15.1. The van der Waals surface area contributed by atoms with Crippen LogP contribution in [0.4, 0.5) is 29.5 Å². The largest absolute Gasteiger partial charge is 0.405 e. The van der Waals surface area contributed by atoms with Crippen LogP contribution in [0.3, 0.4) is 0 Å². The Morgan fingerprint density at radius 2 is 2.03 bits per heavy atom. The Balaban J connectivity index is 0.00000306. The molecule has 0 radical (unpaired) electrons. The highest BCUT2D eigenvalue weighted by Gasteiger charge is 2.45. The molecule has 1 aromatic carbocycles. The number of urea groups is 1. The lowest BCUT2D eigenvalue weighted by molar-refractivity contribution is -0.187. The molecule has 0 unspecified atom stereocenters. The van der Waals surface area contributed by atoms with E-state index in [1.165, 1.54) is 9.58 Å². The molecule has 2 saturated heterocycles. The average Bonchev–Trinajstić information content (AvgIpc) is 3.05.